The standard InChI is InChI=1S/C11H20N2/c1-9(7-12)8-13-10(2)5-4-6-11(13)3/h9-11H,4-6,8H2,1-3H3. The summed E-state index contributed by atoms with van der Waals surface area (Å²) in [7, 11) is 0. The van der Waals surface area contributed by atoms with Crippen LogP contribution in [0.4, 0.5) is 0 Å². The van der Waals surface area contributed by atoms with E-state index in [0.29, 0.717) is 12.1 Å². The van der Waals surface area contributed by atoms with Crippen molar-refractivity contribution in [3.63, 3.8) is 0 Å². The van der Waals surface area contributed by atoms with Gasteiger partial charge in [-0.15, -0.1) is 0 Å². The molecule has 0 aromatic heterocycles. The second-order valence-corrected chi connectivity index (χ2v) is 4.36. The van der Waals surface area contributed by atoms with E-state index in [1.165, 1.54) is 19.3 Å². The van der Waals surface area contributed by atoms with Crippen LogP contribution in [0.3, 0.4) is 0 Å². The van der Waals surface area contributed by atoms with Gasteiger partial charge in [-0.1, -0.05) is 6.42 Å². The molecule has 0 aromatic rings. The summed E-state index contributed by atoms with van der Waals surface area (Å²) in [6, 6.07) is 3.64. The van der Waals surface area contributed by atoms with Gasteiger partial charge in [-0.25, -0.2) is 0 Å². The molecule has 1 heterocycles. The summed E-state index contributed by atoms with van der Waals surface area (Å²) in [6.45, 7) is 7.51. The monoisotopic (exact) mass is 180 g/mol. The van der Waals surface area contributed by atoms with Gasteiger partial charge in [0.05, 0.1) is 12.0 Å². The molecule has 1 rings (SSSR count). The van der Waals surface area contributed by atoms with Crippen molar-refractivity contribution in [2.45, 2.75) is 52.1 Å². The molecule has 1 aliphatic rings. The highest BCUT2D eigenvalue weighted by Gasteiger charge is 2.25. The molecule has 2 nitrogen and oxygen atoms in total. The van der Waals surface area contributed by atoms with Crippen molar-refractivity contribution in [3.05, 3.63) is 0 Å². The quantitative estimate of drug-likeness (QED) is 0.652. The van der Waals surface area contributed by atoms with Crippen molar-refractivity contribution in [2.75, 3.05) is 6.54 Å². The fourth-order valence-electron chi connectivity index (χ4n) is 2.19. The van der Waals surface area contributed by atoms with Crippen LogP contribution in [0.5, 0.6) is 0 Å². The molecule has 3 unspecified atom stereocenters. The average molecular weight is 180 g/mol. The summed E-state index contributed by atoms with van der Waals surface area (Å²) in [4.78, 5) is 2.48. The number of rotatable bonds is 2. The molecule has 0 aliphatic carbocycles. The van der Waals surface area contributed by atoms with Crippen LogP contribution in [0.25, 0.3) is 0 Å². The minimum absolute atomic E-state index is 0.169. The Labute approximate surface area is 81.5 Å². The molecule has 0 amide bonds. The van der Waals surface area contributed by atoms with E-state index in [-0.39, 0.29) is 5.92 Å². The van der Waals surface area contributed by atoms with Crippen LogP contribution in [-0.2, 0) is 0 Å². The van der Waals surface area contributed by atoms with Crippen LogP contribution in [0.15, 0.2) is 0 Å². The second-order valence-electron chi connectivity index (χ2n) is 4.36. The van der Waals surface area contributed by atoms with Crippen LogP contribution in [0.2, 0.25) is 0 Å². The number of piperidine rings is 1. The first kappa shape index (κ1) is 10.5. The molecule has 0 bridgehead atoms. The highest BCUT2D eigenvalue weighted by Crippen LogP contribution is 2.23. The summed E-state index contributed by atoms with van der Waals surface area (Å²) in [5.41, 5.74) is 0. The zero-order valence-corrected chi connectivity index (χ0v) is 8.95. The van der Waals surface area contributed by atoms with Gasteiger partial charge in [0, 0.05) is 18.6 Å². The third-order valence-corrected chi connectivity index (χ3v) is 3.08. The van der Waals surface area contributed by atoms with E-state index in [0.717, 1.165) is 6.54 Å². The van der Waals surface area contributed by atoms with Gasteiger partial charge in [0.1, 0.15) is 0 Å². The molecule has 0 saturated carbocycles. The molecular formula is C11H20N2. The second kappa shape index (κ2) is 4.62. The van der Waals surface area contributed by atoms with Crippen molar-refractivity contribution in [2.24, 2.45) is 5.92 Å². The van der Waals surface area contributed by atoms with Gasteiger partial charge in [-0.2, -0.15) is 5.26 Å². The summed E-state index contributed by atoms with van der Waals surface area (Å²) in [6.07, 6.45) is 3.94. The number of nitriles is 1. The number of nitrogens with zero attached hydrogens (tertiary/aromatic N) is 2. The van der Waals surface area contributed by atoms with Crippen molar-refractivity contribution in [1.82, 2.24) is 4.90 Å². The minimum atomic E-state index is 0.169. The first-order valence-electron chi connectivity index (χ1n) is 5.30. The zero-order chi connectivity index (χ0) is 9.84. The Bertz CT molecular complexity index is 185. The van der Waals surface area contributed by atoms with Gasteiger partial charge in [0.25, 0.3) is 0 Å². The Morgan fingerprint density at radius 3 is 2.38 bits per heavy atom. The van der Waals surface area contributed by atoms with Gasteiger partial charge in [-0.05, 0) is 33.6 Å². The molecule has 0 spiro atoms. The van der Waals surface area contributed by atoms with E-state index >= 15 is 0 Å². The van der Waals surface area contributed by atoms with Crippen molar-refractivity contribution < 1.29 is 0 Å². The van der Waals surface area contributed by atoms with E-state index in [1.54, 1.807) is 0 Å². The van der Waals surface area contributed by atoms with Crippen LogP contribution < -0.4 is 0 Å². The Kier molecular flexibility index (Phi) is 3.74. The summed E-state index contributed by atoms with van der Waals surface area (Å²) in [5.74, 6) is 0.169. The van der Waals surface area contributed by atoms with Gasteiger partial charge >= 0.3 is 0 Å². The first-order valence-corrected chi connectivity index (χ1v) is 5.30. The SMILES string of the molecule is CC(C#N)CN1C(C)CCCC1C. The molecule has 13 heavy (non-hydrogen) atoms. The third-order valence-electron chi connectivity index (χ3n) is 3.08. The molecule has 2 heteroatoms. The van der Waals surface area contributed by atoms with Crippen LogP contribution in [0, 0.1) is 17.2 Å². The average Bonchev–Trinajstić information content (AvgIpc) is 2.11. The van der Waals surface area contributed by atoms with Crippen molar-refractivity contribution in [3.8, 4) is 6.07 Å². The molecule has 1 fully saturated rings. The lowest BCUT2D eigenvalue weighted by atomic mass is 9.96. The maximum absolute atomic E-state index is 8.76. The fourth-order valence-corrected chi connectivity index (χ4v) is 2.19. The van der Waals surface area contributed by atoms with Crippen molar-refractivity contribution >= 4 is 0 Å². The predicted octanol–water partition coefficient (Wildman–Crippen LogP) is 2.41. The Morgan fingerprint density at radius 1 is 1.38 bits per heavy atom. The molecular weight excluding hydrogens is 160 g/mol. The molecule has 3 atom stereocenters. The number of hydrogen-bond acceptors (Lipinski definition) is 2. The maximum atomic E-state index is 8.76. The molecule has 1 saturated heterocycles. The predicted molar refractivity (Wildman–Crippen MR) is 54.3 cm³/mol. The highest BCUT2D eigenvalue weighted by molar-refractivity contribution is 4.87. The lowest BCUT2D eigenvalue weighted by Gasteiger charge is -2.39. The smallest absolute Gasteiger partial charge is 0.0666 e. The number of likely N-dealkylation sites (tertiary alicyclic amines) is 1. The molecule has 0 radical (unpaired) electrons. The van der Waals surface area contributed by atoms with Crippen LogP contribution >= 0.6 is 0 Å². The minimum Gasteiger partial charge on any atom is -0.297 e. The zero-order valence-electron chi connectivity index (χ0n) is 8.95. The largest absolute Gasteiger partial charge is 0.297 e. The topological polar surface area (TPSA) is 27.0 Å². The number of hydrogen-bond donors (Lipinski definition) is 0. The van der Waals surface area contributed by atoms with Gasteiger partial charge < -0.3 is 0 Å². The lowest BCUT2D eigenvalue weighted by molar-refractivity contribution is 0.0947. The molecule has 74 valence electrons. The molecule has 1 aliphatic heterocycles. The Hall–Kier alpha value is -0.550. The van der Waals surface area contributed by atoms with E-state index in [1.807, 2.05) is 6.92 Å². The van der Waals surface area contributed by atoms with Crippen molar-refractivity contribution in [1.29, 1.82) is 5.26 Å². The Balaban J connectivity index is 2.49. The van der Waals surface area contributed by atoms with Gasteiger partial charge in [-0.3, -0.25) is 4.90 Å². The Morgan fingerprint density at radius 2 is 1.92 bits per heavy atom. The van der Waals surface area contributed by atoms with Crippen LogP contribution in [-0.4, -0.2) is 23.5 Å². The summed E-state index contributed by atoms with van der Waals surface area (Å²) >= 11 is 0. The summed E-state index contributed by atoms with van der Waals surface area (Å²) < 4.78 is 0. The highest BCUT2D eigenvalue weighted by atomic mass is 15.2. The summed E-state index contributed by atoms with van der Waals surface area (Å²) in [5, 5.41) is 8.76. The van der Waals surface area contributed by atoms with Crippen LogP contribution in [0.1, 0.15) is 40.0 Å². The van der Waals surface area contributed by atoms with E-state index in [2.05, 4.69) is 24.8 Å². The third kappa shape index (κ3) is 2.70. The van der Waals surface area contributed by atoms with E-state index in [9.17, 15) is 0 Å². The maximum Gasteiger partial charge on any atom is 0.0666 e. The molecule has 0 N–H and O–H groups in total. The van der Waals surface area contributed by atoms with E-state index in [4.69, 9.17) is 5.26 Å². The van der Waals surface area contributed by atoms with E-state index < -0.39 is 0 Å². The normalized spacial score (nSPS) is 32.5. The lowest BCUT2D eigenvalue weighted by Crippen LogP contribution is -2.45. The first-order chi connectivity index (χ1) is 6.15. The molecule has 0 aromatic carbocycles. The van der Waals surface area contributed by atoms with Gasteiger partial charge in [0.15, 0.2) is 0 Å². The van der Waals surface area contributed by atoms with Gasteiger partial charge in [0.2, 0.25) is 0 Å². The fraction of sp³-hybridized carbons (Fsp3) is 0.909.